The highest BCUT2D eigenvalue weighted by Gasteiger charge is 2.29. The molecule has 2 aliphatic heterocycles. The molecule has 5 rings (SSSR count). The monoisotopic (exact) mass is 427 g/mol. The SMILES string of the molecule is CN1CCN(C(=O)c2cccc(NC(=O)C3Cc4ccccc4O3)c2)Cc2ccccc21. The van der Waals surface area contributed by atoms with Gasteiger partial charge in [0.1, 0.15) is 5.75 Å². The van der Waals surface area contributed by atoms with Gasteiger partial charge < -0.3 is 19.9 Å². The molecule has 0 fully saturated rings. The van der Waals surface area contributed by atoms with Gasteiger partial charge in [-0.2, -0.15) is 0 Å². The molecule has 0 saturated carbocycles. The molecule has 2 amide bonds. The summed E-state index contributed by atoms with van der Waals surface area (Å²) in [5.41, 5.74) is 4.46. The van der Waals surface area contributed by atoms with Crippen molar-refractivity contribution in [3.05, 3.63) is 89.5 Å². The number of benzene rings is 3. The minimum absolute atomic E-state index is 0.0456. The number of carbonyl (C=O) groups excluding carboxylic acids is 2. The van der Waals surface area contributed by atoms with Crippen molar-refractivity contribution in [3.63, 3.8) is 0 Å². The number of hydrogen-bond donors (Lipinski definition) is 1. The van der Waals surface area contributed by atoms with Crippen molar-refractivity contribution in [1.29, 1.82) is 0 Å². The minimum atomic E-state index is -0.565. The molecular formula is C26H25N3O3. The third kappa shape index (κ3) is 3.91. The average Bonchev–Trinajstić information content (AvgIpc) is 3.18. The van der Waals surface area contributed by atoms with Crippen LogP contribution in [0, 0.1) is 0 Å². The first-order valence-electron chi connectivity index (χ1n) is 10.8. The first kappa shape index (κ1) is 20.1. The lowest BCUT2D eigenvalue weighted by molar-refractivity contribution is -0.122. The van der Waals surface area contributed by atoms with Crippen LogP contribution >= 0.6 is 0 Å². The summed E-state index contributed by atoms with van der Waals surface area (Å²) in [5, 5.41) is 2.91. The van der Waals surface area contributed by atoms with E-state index in [0.717, 1.165) is 29.1 Å². The van der Waals surface area contributed by atoms with Crippen molar-refractivity contribution in [1.82, 2.24) is 4.90 Å². The molecule has 1 atom stereocenters. The first-order valence-corrected chi connectivity index (χ1v) is 10.8. The lowest BCUT2D eigenvalue weighted by Crippen LogP contribution is -2.34. The standard InChI is InChI=1S/C26H25N3O3/c1-28-13-14-29(17-20-8-2-4-11-22(20)28)26(31)19-9-6-10-21(15-19)27-25(30)24-16-18-7-3-5-12-23(18)32-24/h2-12,15,24H,13-14,16-17H2,1H3,(H,27,30). The van der Waals surface area contributed by atoms with E-state index in [-0.39, 0.29) is 11.8 Å². The zero-order chi connectivity index (χ0) is 22.1. The quantitative estimate of drug-likeness (QED) is 0.692. The molecule has 6 nitrogen and oxygen atoms in total. The van der Waals surface area contributed by atoms with Crippen molar-refractivity contribution in [2.45, 2.75) is 19.1 Å². The van der Waals surface area contributed by atoms with E-state index in [0.29, 0.717) is 30.8 Å². The van der Waals surface area contributed by atoms with E-state index in [1.54, 1.807) is 24.3 Å². The summed E-state index contributed by atoms with van der Waals surface area (Å²) >= 11 is 0. The van der Waals surface area contributed by atoms with Crippen molar-refractivity contribution in [2.24, 2.45) is 0 Å². The van der Waals surface area contributed by atoms with Crippen molar-refractivity contribution in [2.75, 3.05) is 30.4 Å². The summed E-state index contributed by atoms with van der Waals surface area (Å²) in [6.45, 7) is 1.96. The largest absolute Gasteiger partial charge is 0.480 e. The number of nitrogens with zero attached hydrogens (tertiary/aromatic N) is 2. The van der Waals surface area contributed by atoms with Gasteiger partial charge in [-0.25, -0.2) is 0 Å². The van der Waals surface area contributed by atoms with Gasteiger partial charge in [-0.05, 0) is 41.5 Å². The van der Waals surface area contributed by atoms with E-state index in [9.17, 15) is 9.59 Å². The number of fused-ring (bicyclic) bond motifs is 2. The Balaban J connectivity index is 1.29. The molecule has 1 N–H and O–H groups in total. The van der Waals surface area contributed by atoms with E-state index in [1.807, 2.05) is 48.3 Å². The minimum Gasteiger partial charge on any atom is -0.480 e. The molecule has 0 saturated heterocycles. The van der Waals surface area contributed by atoms with Crippen LogP contribution in [0.3, 0.4) is 0 Å². The van der Waals surface area contributed by atoms with Crippen molar-refractivity contribution >= 4 is 23.2 Å². The van der Waals surface area contributed by atoms with Crippen LogP contribution < -0.4 is 15.0 Å². The summed E-state index contributed by atoms with van der Waals surface area (Å²) in [4.78, 5) is 30.1. The summed E-state index contributed by atoms with van der Waals surface area (Å²) in [7, 11) is 2.05. The zero-order valence-corrected chi connectivity index (χ0v) is 18.0. The van der Waals surface area contributed by atoms with Crippen LogP contribution in [0.15, 0.2) is 72.8 Å². The van der Waals surface area contributed by atoms with Gasteiger partial charge in [0.05, 0.1) is 0 Å². The Morgan fingerprint density at radius 3 is 2.56 bits per heavy atom. The fourth-order valence-electron chi connectivity index (χ4n) is 4.33. The van der Waals surface area contributed by atoms with Crippen LogP contribution in [0.25, 0.3) is 0 Å². The number of likely N-dealkylation sites (N-methyl/N-ethyl adjacent to an activating group) is 1. The Bertz CT molecular complexity index is 1150. The van der Waals surface area contributed by atoms with Gasteiger partial charge in [0, 0.05) is 50.0 Å². The average molecular weight is 428 g/mol. The predicted molar refractivity (Wildman–Crippen MR) is 124 cm³/mol. The van der Waals surface area contributed by atoms with Crippen LogP contribution in [0.4, 0.5) is 11.4 Å². The van der Waals surface area contributed by atoms with Gasteiger partial charge >= 0.3 is 0 Å². The Labute approximate surface area is 187 Å². The lowest BCUT2D eigenvalue weighted by Gasteiger charge is -2.21. The highest BCUT2D eigenvalue weighted by atomic mass is 16.5. The van der Waals surface area contributed by atoms with Gasteiger partial charge in [0.25, 0.3) is 11.8 Å². The number of ether oxygens (including phenoxy) is 1. The highest BCUT2D eigenvalue weighted by Crippen LogP contribution is 2.29. The molecule has 0 spiro atoms. The zero-order valence-electron chi connectivity index (χ0n) is 18.0. The molecule has 3 aromatic carbocycles. The molecule has 32 heavy (non-hydrogen) atoms. The van der Waals surface area contributed by atoms with Crippen LogP contribution in [0.2, 0.25) is 0 Å². The molecule has 162 valence electrons. The fraction of sp³-hybridized carbons (Fsp3) is 0.231. The number of amides is 2. The number of para-hydroxylation sites is 2. The number of hydrogen-bond acceptors (Lipinski definition) is 4. The molecular weight excluding hydrogens is 402 g/mol. The van der Waals surface area contributed by atoms with E-state index in [1.165, 1.54) is 0 Å². The Morgan fingerprint density at radius 1 is 0.938 bits per heavy atom. The molecule has 1 unspecified atom stereocenters. The molecule has 2 aliphatic rings. The summed E-state index contributed by atoms with van der Waals surface area (Å²) in [6, 6.07) is 23.0. The summed E-state index contributed by atoms with van der Waals surface area (Å²) in [5.74, 6) is 0.495. The Kier molecular flexibility index (Phi) is 5.27. The number of anilines is 2. The van der Waals surface area contributed by atoms with E-state index >= 15 is 0 Å². The summed E-state index contributed by atoms with van der Waals surface area (Å²) in [6.07, 6.45) is -0.0224. The second-order valence-corrected chi connectivity index (χ2v) is 8.27. The van der Waals surface area contributed by atoms with Gasteiger partial charge in [0.15, 0.2) is 6.10 Å². The second kappa shape index (κ2) is 8.38. The van der Waals surface area contributed by atoms with Crippen molar-refractivity contribution < 1.29 is 14.3 Å². The molecule has 3 aromatic rings. The normalized spacial score (nSPS) is 17.1. The van der Waals surface area contributed by atoms with Gasteiger partial charge in [-0.15, -0.1) is 0 Å². The molecule has 0 aliphatic carbocycles. The van der Waals surface area contributed by atoms with E-state index in [2.05, 4.69) is 22.3 Å². The van der Waals surface area contributed by atoms with Crippen LogP contribution in [-0.4, -0.2) is 43.0 Å². The van der Waals surface area contributed by atoms with Gasteiger partial charge in [-0.3, -0.25) is 9.59 Å². The fourth-order valence-corrected chi connectivity index (χ4v) is 4.33. The first-order chi connectivity index (χ1) is 15.6. The number of nitrogens with one attached hydrogen (secondary N) is 1. The van der Waals surface area contributed by atoms with Crippen molar-refractivity contribution in [3.8, 4) is 5.75 Å². The van der Waals surface area contributed by atoms with Crippen LogP contribution in [-0.2, 0) is 17.8 Å². The van der Waals surface area contributed by atoms with E-state index < -0.39 is 6.10 Å². The molecule has 6 heteroatoms. The Morgan fingerprint density at radius 2 is 1.72 bits per heavy atom. The third-order valence-corrected chi connectivity index (χ3v) is 6.07. The smallest absolute Gasteiger partial charge is 0.265 e. The number of carbonyl (C=O) groups is 2. The predicted octanol–water partition coefficient (Wildman–Crippen LogP) is 3.72. The second-order valence-electron chi connectivity index (χ2n) is 8.27. The molecule has 0 aromatic heterocycles. The van der Waals surface area contributed by atoms with Crippen LogP contribution in [0.5, 0.6) is 5.75 Å². The highest BCUT2D eigenvalue weighted by molar-refractivity contribution is 5.98. The topological polar surface area (TPSA) is 61.9 Å². The maximum Gasteiger partial charge on any atom is 0.265 e. The third-order valence-electron chi connectivity index (χ3n) is 6.07. The molecule has 2 heterocycles. The summed E-state index contributed by atoms with van der Waals surface area (Å²) < 4.78 is 5.78. The maximum atomic E-state index is 13.3. The molecule has 0 radical (unpaired) electrons. The van der Waals surface area contributed by atoms with E-state index in [4.69, 9.17) is 4.74 Å². The Hall–Kier alpha value is -3.80. The number of rotatable bonds is 3. The van der Waals surface area contributed by atoms with Gasteiger partial charge in [0.2, 0.25) is 0 Å². The van der Waals surface area contributed by atoms with Crippen LogP contribution in [0.1, 0.15) is 21.5 Å². The van der Waals surface area contributed by atoms with Gasteiger partial charge in [-0.1, -0.05) is 42.5 Å². The molecule has 0 bridgehead atoms. The maximum absolute atomic E-state index is 13.3. The lowest BCUT2D eigenvalue weighted by atomic mass is 10.1.